The maximum absolute atomic E-state index is 3.71. The van der Waals surface area contributed by atoms with Gasteiger partial charge in [0.25, 0.3) is 0 Å². The van der Waals surface area contributed by atoms with E-state index in [0.717, 1.165) is 37.4 Å². The Kier molecular flexibility index (Phi) is 5.62. The molecule has 0 saturated heterocycles. The van der Waals surface area contributed by atoms with Crippen molar-refractivity contribution in [2.45, 2.75) is 65.2 Å². The van der Waals surface area contributed by atoms with Crippen LogP contribution in [0.25, 0.3) is 0 Å². The van der Waals surface area contributed by atoms with E-state index in [1.807, 2.05) is 0 Å². The summed E-state index contributed by atoms with van der Waals surface area (Å²) in [4.78, 5) is 0. The van der Waals surface area contributed by atoms with Gasteiger partial charge in [-0.05, 0) is 87.6 Å². The van der Waals surface area contributed by atoms with Crippen LogP contribution in [0.5, 0.6) is 0 Å². The van der Waals surface area contributed by atoms with Gasteiger partial charge in [-0.25, -0.2) is 0 Å². The summed E-state index contributed by atoms with van der Waals surface area (Å²) in [6, 6.07) is 0. The minimum atomic E-state index is 0.635. The summed E-state index contributed by atoms with van der Waals surface area (Å²) in [5.41, 5.74) is 2.33. The van der Waals surface area contributed by atoms with E-state index in [9.17, 15) is 0 Å². The zero-order valence-corrected chi connectivity index (χ0v) is 14.8. The molecule has 4 aliphatic carbocycles. The highest BCUT2D eigenvalue weighted by Gasteiger charge is 2.53. The van der Waals surface area contributed by atoms with Crippen LogP contribution in [0.3, 0.4) is 0 Å². The van der Waals surface area contributed by atoms with E-state index in [2.05, 4.69) is 30.6 Å². The molecule has 3 atom stereocenters. The summed E-state index contributed by atoms with van der Waals surface area (Å²) in [6.45, 7) is 9.66. The molecule has 0 unspecified atom stereocenters. The highest BCUT2D eigenvalue weighted by Crippen LogP contribution is 2.61. The van der Waals surface area contributed by atoms with Crippen molar-refractivity contribution in [3.05, 3.63) is 11.6 Å². The summed E-state index contributed by atoms with van der Waals surface area (Å²) in [6.07, 6.45) is 13.7. The van der Waals surface area contributed by atoms with Gasteiger partial charge in [-0.15, -0.1) is 0 Å². The summed E-state index contributed by atoms with van der Waals surface area (Å²) >= 11 is 0. The van der Waals surface area contributed by atoms with Gasteiger partial charge in [0.2, 0.25) is 0 Å². The molecule has 0 aromatic rings. The van der Waals surface area contributed by atoms with Crippen LogP contribution in [0.4, 0.5) is 0 Å². The monoisotopic (exact) mass is 304 g/mol. The molecule has 2 bridgehead atoms. The third-order valence-electron chi connectivity index (χ3n) is 6.89. The lowest BCUT2D eigenvalue weighted by molar-refractivity contribution is -0.103. The normalized spacial score (nSPS) is 33.2. The van der Waals surface area contributed by atoms with Crippen molar-refractivity contribution in [3.63, 3.8) is 0 Å². The van der Waals surface area contributed by atoms with E-state index in [-0.39, 0.29) is 0 Å². The van der Waals surface area contributed by atoms with Crippen molar-refractivity contribution in [2.24, 2.45) is 23.2 Å². The van der Waals surface area contributed by atoms with Crippen LogP contribution < -0.4 is 10.6 Å². The molecule has 0 aromatic carbocycles. The molecule has 0 heterocycles. The molecule has 2 nitrogen and oxygen atoms in total. The largest absolute Gasteiger partial charge is 0.315 e. The van der Waals surface area contributed by atoms with Crippen LogP contribution >= 0.6 is 0 Å². The van der Waals surface area contributed by atoms with Crippen molar-refractivity contribution in [3.8, 4) is 0 Å². The van der Waals surface area contributed by atoms with E-state index in [1.165, 1.54) is 57.9 Å². The van der Waals surface area contributed by atoms with Crippen LogP contribution in [0.1, 0.15) is 65.2 Å². The van der Waals surface area contributed by atoms with Gasteiger partial charge in [0.15, 0.2) is 0 Å². The molecule has 0 aliphatic heterocycles. The Bertz CT molecular complexity index is 383. The number of hydrogen-bond donors (Lipinski definition) is 2. The Morgan fingerprint density at radius 2 is 1.95 bits per heavy atom. The topological polar surface area (TPSA) is 24.1 Å². The number of rotatable bonds is 8. The molecule has 4 rings (SSSR count). The van der Waals surface area contributed by atoms with Crippen molar-refractivity contribution >= 4 is 0 Å². The van der Waals surface area contributed by atoms with Gasteiger partial charge in [0, 0.05) is 13.1 Å². The van der Waals surface area contributed by atoms with Crippen molar-refractivity contribution in [1.29, 1.82) is 0 Å². The average Bonchev–Trinajstić information content (AvgIpc) is 2.55. The molecule has 3 fully saturated rings. The lowest BCUT2D eigenvalue weighted by atomic mass is 9.45. The number of allylic oxidation sites excluding steroid dienone is 1. The first kappa shape index (κ1) is 16.5. The summed E-state index contributed by atoms with van der Waals surface area (Å²) in [5.74, 6) is 2.96. The Labute approximate surface area is 137 Å². The second-order valence-corrected chi connectivity index (χ2v) is 8.51. The minimum Gasteiger partial charge on any atom is -0.315 e. The van der Waals surface area contributed by atoms with Gasteiger partial charge in [0.1, 0.15) is 0 Å². The molecular weight excluding hydrogens is 268 g/mol. The van der Waals surface area contributed by atoms with E-state index in [4.69, 9.17) is 0 Å². The Balaban J connectivity index is 1.22. The van der Waals surface area contributed by atoms with Crippen LogP contribution in [0, 0.1) is 23.2 Å². The van der Waals surface area contributed by atoms with E-state index < -0.39 is 0 Å². The van der Waals surface area contributed by atoms with Gasteiger partial charge >= 0.3 is 0 Å². The summed E-state index contributed by atoms with van der Waals surface area (Å²) in [5, 5.41) is 7.31. The smallest absolute Gasteiger partial charge is 0.00768 e. The van der Waals surface area contributed by atoms with Gasteiger partial charge in [-0.2, -0.15) is 0 Å². The SMILES string of the molecule is CC1(C)[C@H]2CC[C@@H](CNCCNCCC3=CCCCC3)[C@@H]1C2. The molecule has 0 amide bonds. The Morgan fingerprint density at radius 3 is 2.68 bits per heavy atom. The maximum atomic E-state index is 3.71. The van der Waals surface area contributed by atoms with E-state index in [1.54, 1.807) is 5.57 Å². The van der Waals surface area contributed by atoms with Crippen molar-refractivity contribution < 1.29 is 0 Å². The Morgan fingerprint density at radius 1 is 1.09 bits per heavy atom. The zero-order valence-electron chi connectivity index (χ0n) is 14.8. The zero-order chi connectivity index (χ0) is 15.4. The molecule has 2 N–H and O–H groups in total. The molecule has 22 heavy (non-hydrogen) atoms. The molecule has 2 heteroatoms. The quantitative estimate of drug-likeness (QED) is 0.520. The van der Waals surface area contributed by atoms with Crippen molar-refractivity contribution in [1.82, 2.24) is 10.6 Å². The predicted molar refractivity (Wildman–Crippen MR) is 95.0 cm³/mol. The maximum Gasteiger partial charge on any atom is 0.00768 e. The average molecular weight is 305 g/mol. The van der Waals surface area contributed by atoms with Gasteiger partial charge < -0.3 is 10.6 Å². The molecule has 0 spiro atoms. The fourth-order valence-electron chi connectivity index (χ4n) is 5.18. The van der Waals surface area contributed by atoms with Crippen LogP contribution in [0.15, 0.2) is 11.6 Å². The first-order valence-electron chi connectivity index (χ1n) is 9.77. The van der Waals surface area contributed by atoms with Crippen LogP contribution in [-0.4, -0.2) is 26.2 Å². The third-order valence-corrected chi connectivity index (χ3v) is 6.89. The Hall–Kier alpha value is -0.340. The number of fused-ring (bicyclic) bond motifs is 2. The van der Waals surface area contributed by atoms with E-state index in [0.29, 0.717) is 5.41 Å². The van der Waals surface area contributed by atoms with Gasteiger partial charge in [0.05, 0.1) is 0 Å². The van der Waals surface area contributed by atoms with Gasteiger partial charge in [-0.3, -0.25) is 0 Å². The van der Waals surface area contributed by atoms with Crippen LogP contribution in [0.2, 0.25) is 0 Å². The lowest BCUT2D eigenvalue weighted by Gasteiger charge is -2.60. The number of hydrogen-bond acceptors (Lipinski definition) is 2. The molecule has 3 saturated carbocycles. The van der Waals surface area contributed by atoms with Crippen LogP contribution in [-0.2, 0) is 0 Å². The molecular formula is C20H36N2. The fraction of sp³-hybridized carbons (Fsp3) is 0.900. The highest BCUT2D eigenvalue weighted by atomic mass is 14.9. The minimum absolute atomic E-state index is 0.635. The molecule has 0 aromatic heterocycles. The third kappa shape index (κ3) is 3.76. The second-order valence-electron chi connectivity index (χ2n) is 8.51. The summed E-state index contributed by atoms with van der Waals surface area (Å²) in [7, 11) is 0. The predicted octanol–water partition coefficient (Wildman–Crippen LogP) is 4.13. The van der Waals surface area contributed by atoms with E-state index >= 15 is 0 Å². The first-order valence-corrected chi connectivity index (χ1v) is 9.77. The fourth-order valence-corrected chi connectivity index (χ4v) is 5.18. The molecule has 0 radical (unpaired) electrons. The standard InChI is InChI=1S/C20H36N2/c1-20(2)18-9-8-17(19(20)14-18)15-22-13-12-21-11-10-16-6-4-3-5-7-16/h6,17-19,21-22H,3-5,7-15H2,1-2H3/t17-,18-,19-/m0/s1. The molecule has 126 valence electrons. The van der Waals surface area contributed by atoms with Gasteiger partial charge in [-0.1, -0.05) is 25.5 Å². The van der Waals surface area contributed by atoms with Crippen molar-refractivity contribution in [2.75, 3.05) is 26.2 Å². The second kappa shape index (κ2) is 7.49. The number of nitrogens with one attached hydrogen (secondary N) is 2. The molecule has 4 aliphatic rings. The summed E-state index contributed by atoms with van der Waals surface area (Å²) < 4.78 is 0. The lowest BCUT2D eigenvalue weighted by Crippen LogP contribution is -2.54. The highest BCUT2D eigenvalue weighted by molar-refractivity contribution is 5.05. The first-order chi connectivity index (χ1) is 10.7.